The average molecular weight is 243 g/mol. The van der Waals surface area contributed by atoms with Gasteiger partial charge in [0.1, 0.15) is 5.71 Å². The van der Waals surface area contributed by atoms with Crippen LogP contribution in [0.5, 0.6) is 0 Å². The van der Waals surface area contributed by atoms with Crippen LogP contribution in [0.1, 0.15) is 19.8 Å². The van der Waals surface area contributed by atoms with Crippen molar-refractivity contribution in [1.82, 2.24) is 10.3 Å². The normalized spacial score (nSPS) is 16.8. The van der Waals surface area contributed by atoms with Gasteiger partial charge in [0.25, 0.3) is 5.91 Å². The number of nitrogens with one attached hydrogen (secondary N) is 1. The highest BCUT2D eigenvalue weighted by Crippen LogP contribution is 2.08. The molecule has 0 fully saturated rings. The van der Waals surface area contributed by atoms with Crippen molar-refractivity contribution >= 4 is 17.5 Å². The number of rotatable bonds is 4. The van der Waals surface area contributed by atoms with Crippen LogP contribution >= 0.6 is 0 Å². The van der Waals surface area contributed by atoms with E-state index in [1.165, 1.54) is 14.0 Å². The summed E-state index contributed by atoms with van der Waals surface area (Å²) >= 11 is 0. The summed E-state index contributed by atoms with van der Waals surface area (Å²) in [6.07, 6.45) is 0.500. The van der Waals surface area contributed by atoms with E-state index in [9.17, 15) is 9.59 Å². The highest BCUT2D eigenvalue weighted by atomic mass is 16.3. The maximum atomic E-state index is 11.8. The summed E-state index contributed by atoms with van der Waals surface area (Å²) in [7, 11) is 1.48. The molecule has 96 valence electrons. The van der Waals surface area contributed by atoms with E-state index in [0.717, 1.165) is 5.01 Å². The average Bonchev–Trinajstić information content (AvgIpc) is 2.32. The Labute approximate surface area is 99.1 Å². The molecule has 0 saturated carbocycles. The molecule has 0 aromatic rings. The zero-order valence-electron chi connectivity index (χ0n) is 9.93. The quantitative estimate of drug-likeness (QED) is 0.556. The van der Waals surface area contributed by atoms with E-state index < -0.39 is 11.4 Å². The Kier molecular flexibility index (Phi) is 4.19. The van der Waals surface area contributed by atoms with Gasteiger partial charge in [-0.3, -0.25) is 9.59 Å². The Morgan fingerprint density at radius 2 is 2.06 bits per heavy atom. The maximum Gasteiger partial charge on any atom is 0.268 e. The van der Waals surface area contributed by atoms with Gasteiger partial charge in [0, 0.05) is 19.9 Å². The Morgan fingerprint density at radius 3 is 2.53 bits per heavy atom. The van der Waals surface area contributed by atoms with Crippen molar-refractivity contribution in [1.29, 1.82) is 0 Å². The third-order valence-corrected chi connectivity index (χ3v) is 2.58. The minimum Gasteiger partial charge on any atom is -0.394 e. The van der Waals surface area contributed by atoms with Crippen LogP contribution in [0.15, 0.2) is 5.10 Å². The molecule has 3 N–H and O–H groups in total. The first-order chi connectivity index (χ1) is 7.91. The molecule has 0 aromatic heterocycles. The number of hydrogen-bond donors (Lipinski definition) is 3. The van der Waals surface area contributed by atoms with E-state index in [4.69, 9.17) is 10.2 Å². The second-order valence-electron chi connectivity index (χ2n) is 4.30. The second-order valence-corrected chi connectivity index (χ2v) is 4.30. The summed E-state index contributed by atoms with van der Waals surface area (Å²) in [5.74, 6) is -0.622. The number of carbonyl (C=O) groups excluding carboxylic acids is 2. The van der Waals surface area contributed by atoms with Crippen molar-refractivity contribution in [2.45, 2.75) is 25.3 Å². The van der Waals surface area contributed by atoms with E-state index in [1.54, 1.807) is 0 Å². The van der Waals surface area contributed by atoms with Crippen LogP contribution in [0, 0.1) is 0 Å². The first-order valence-corrected chi connectivity index (χ1v) is 5.30. The second kappa shape index (κ2) is 5.24. The predicted octanol–water partition coefficient (Wildman–Crippen LogP) is -1.55. The zero-order valence-corrected chi connectivity index (χ0v) is 9.93. The first kappa shape index (κ1) is 13.6. The largest absolute Gasteiger partial charge is 0.394 e. The van der Waals surface area contributed by atoms with Crippen molar-refractivity contribution in [2.75, 3.05) is 20.3 Å². The summed E-state index contributed by atoms with van der Waals surface area (Å²) in [6, 6.07) is 0. The molecular formula is C10H17N3O4. The van der Waals surface area contributed by atoms with Crippen molar-refractivity contribution in [3.8, 4) is 0 Å². The molecule has 0 saturated heterocycles. The molecule has 2 amide bonds. The van der Waals surface area contributed by atoms with Gasteiger partial charge in [-0.1, -0.05) is 0 Å². The molecule has 17 heavy (non-hydrogen) atoms. The maximum absolute atomic E-state index is 11.8. The lowest BCUT2D eigenvalue weighted by atomic mass is 10.0. The monoisotopic (exact) mass is 243 g/mol. The number of aliphatic hydroxyl groups is 2. The third kappa shape index (κ3) is 3.24. The van der Waals surface area contributed by atoms with Gasteiger partial charge in [0.2, 0.25) is 5.91 Å². The van der Waals surface area contributed by atoms with E-state index in [-0.39, 0.29) is 37.7 Å². The Bertz CT molecular complexity index is 349. The predicted molar refractivity (Wildman–Crippen MR) is 60.2 cm³/mol. The van der Waals surface area contributed by atoms with Crippen molar-refractivity contribution in [2.24, 2.45) is 5.10 Å². The number of hydrogen-bond acceptors (Lipinski definition) is 5. The van der Waals surface area contributed by atoms with E-state index in [2.05, 4.69) is 10.4 Å². The molecule has 0 atom stereocenters. The Balaban J connectivity index is 2.72. The van der Waals surface area contributed by atoms with E-state index in [0.29, 0.717) is 0 Å². The van der Waals surface area contributed by atoms with Gasteiger partial charge >= 0.3 is 0 Å². The van der Waals surface area contributed by atoms with Gasteiger partial charge in [-0.15, -0.1) is 0 Å². The Morgan fingerprint density at radius 1 is 1.47 bits per heavy atom. The van der Waals surface area contributed by atoms with Crippen LogP contribution in [0.3, 0.4) is 0 Å². The van der Waals surface area contributed by atoms with Crippen LogP contribution in [0.2, 0.25) is 0 Å². The molecule has 1 rings (SSSR count). The number of hydrazone groups is 1. The molecule has 0 aromatic carbocycles. The van der Waals surface area contributed by atoms with Gasteiger partial charge in [-0.25, -0.2) is 5.01 Å². The van der Waals surface area contributed by atoms with E-state index >= 15 is 0 Å². The van der Waals surface area contributed by atoms with Crippen LogP contribution in [0.4, 0.5) is 0 Å². The molecule has 0 bridgehead atoms. The van der Waals surface area contributed by atoms with Crippen LogP contribution in [-0.4, -0.2) is 58.5 Å². The van der Waals surface area contributed by atoms with Crippen molar-refractivity contribution < 1.29 is 19.8 Å². The molecule has 0 aliphatic carbocycles. The zero-order chi connectivity index (χ0) is 13.1. The van der Waals surface area contributed by atoms with Gasteiger partial charge < -0.3 is 15.5 Å². The van der Waals surface area contributed by atoms with Gasteiger partial charge in [0.15, 0.2) is 0 Å². The van der Waals surface area contributed by atoms with Crippen molar-refractivity contribution in [3.63, 3.8) is 0 Å². The molecule has 0 spiro atoms. The minimum atomic E-state index is -1.08. The van der Waals surface area contributed by atoms with Gasteiger partial charge in [0.05, 0.1) is 18.8 Å². The third-order valence-electron chi connectivity index (χ3n) is 2.58. The minimum absolute atomic E-state index is 0.145. The molecule has 1 aliphatic heterocycles. The first-order valence-electron chi connectivity index (χ1n) is 5.30. The fourth-order valence-corrected chi connectivity index (χ4v) is 1.31. The van der Waals surface area contributed by atoms with Crippen LogP contribution in [-0.2, 0) is 9.59 Å². The Hall–Kier alpha value is -1.47. The fourth-order valence-electron chi connectivity index (χ4n) is 1.31. The lowest BCUT2D eigenvalue weighted by Crippen LogP contribution is -2.54. The van der Waals surface area contributed by atoms with Crippen LogP contribution in [0.25, 0.3) is 0 Å². The lowest BCUT2D eigenvalue weighted by molar-refractivity contribution is -0.130. The summed E-state index contributed by atoms with van der Waals surface area (Å²) in [5.41, 5.74) is -0.861. The number of nitrogens with zero attached hydrogens (tertiary/aromatic N) is 2. The highest BCUT2D eigenvalue weighted by molar-refractivity contribution is 6.39. The lowest BCUT2D eigenvalue weighted by Gasteiger charge is -2.27. The molecule has 1 aliphatic rings. The smallest absolute Gasteiger partial charge is 0.268 e. The number of amides is 2. The van der Waals surface area contributed by atoms with Crippen LogP contribution < -0.4 is 5.32 Å². The van der Waals surface area contributed by atoms with Crippen molar-refractivity contribution in [3.05, 3.63) is 0 Å². The summed E-state index contributed by atoms with van der Waals surface area (Å²) < 4.78 is 0. The van der Waals surface area contributed by atoms with E-state index in [1.807, 2.05) is 0 Å². The molecule has 7 heteroatoms. The molecule has 1 heterocycles. The number of aliphatic hydroxyl groups excluding tert-OH is 2. The van der Waals surface area contributed by atoms with Gasteiger partial charge in [-0.05, 0) is 6.92 Å². The number of carbonyl (C=O) groups is 2. The summed E-state index contributed by atoms with van der Waals surface area (Å²) in [5, 5.41) is 25.5. The fraction of sp³-hybridized carbons (Fsp3) is 0.700. The topological polar surface area (TPSA) is 102 Å². The molecular weight excluding hydrogens is 226 g/mol. The highest BCUT2D eigenvalue weighted by Gasteiger charge is 2.29. The SMILES string of the molecule is CN1N=C(C(=O)NC(C)(CO)CO)CCC1=O. The van der Waals surface area contributed by atoms with Gasteiger partial charge in [-0.2, -0.15) is 5.10 Å². The molecule has 0 unspecified atom stereocenters. The summed E-state index contributed by atoms with van der Waals surface area (Å²) in [4.78, 5) is 22.9. The summed E-state index contributed by atoms with van der Waals surface area (Å²) in [6.45, 7) is 0.762. The molecule has 7 nitrogen and oxygen atoms in total. The molecule has 0 radical (unpaired) electrons. The standard InChI is InChI=1S/C10H17N3O4/c1-10(5-14,6-15)11-9(17)7-3-4-8(16)13(2)12-7/h14-15H,3-6H2,1-2H3,(H,11,17).